The smallest absolute Gasteiger partial charge is 0.0745 e. The highest BCUT2D eigenvalue weighted by molar-refractivity contribution is 6.30. The van der Waals surface area contributed by atoms with Gasteiger partial charge < -0.3 is 9.90 Å². The molecule has 3 nitrogen and oxygen atoms in total. The molecule has 0 aliphatic heterocycles. The largest absolute Gasteiger partial charge is 0.545 e. The Morgan fingerprint density at radius 1 is 1.14 bits per heavy atom. The predicted molar refractivity (Wildman–Crippen MR) is 86.0 cm³/mol. The maximum absolute atomic E-state index is 11.5. The Hall–Kier alpha value is -2.39. The van der Waals surface area contributed by atoms with E-state index in [1.54, 1.807) is 18.2 Å². The molecule has 0 atom stereocenters. The number of carbonyl (C=O) groups excluding carboxylic acids is 1. The van der Waals surface area contributed by atoms with Crippen LogP contribution in [0.5, 0.6) is 0 Å². The minimum absolute atomic E-state index is 0.145. The van der Waals surface area contributed by atoms with Gasteiger partial charge in [0.25, 0.3) is 0 Å². The fourth-order valence-corrected chi connectivity index (χ4v) is 2.84. The molecular weight excluding hydrogens is 298 g/mol. The molecule has 0 saturated heterocycles. The van der Waals surface area contributed by atoms with E-state index in [1.807, 2.05) is 38.1 Å². The summed E-state index contributed by atoms with van der Waals surface area (Å²) >= 11 is 6.01. The minimum atomic E-state index is -1.21. The van der Waals surface area contributed by atoms with Gasteiger partial charge >= 0.3 is 0 Å². The van der Waals surface area contributed by atoms with Crippen LogP contribution >= 0.6 is 11.6 Å². The third-order valence-electron chi connectivity index (χ3n) is 3.59. The fraction of sp³-hybridized carbons (Fsp3) is 0.111. The highest BCUT2D eigenvalue weighted by atomic mass is 35.5. The Kier molecular flexibility index (Phi) is 3.59. The van der Waals surface area contributed by atoms with E-state index in [-0.39, 0.29) is 5.56 Å². The van der Waals surface area contributed by atoms with Gasteiger partial charge in [-0.3, -0.25) is 0 Å². The van der Waals surface area contributed by atoms with Crippen molar-refractivity contribution in [2.24, 2.45) is 0 Å². The van der Waals surface area contributed by atoms with Crippen molar-refractivity contribution in [3.8, 4) is 11.3 Å². The first-order valence-electron chi connectivity index (χ1n) is 6.85. The van der Waals surface area contributed by atoms with Gasteiger partial charge in [-0.05, 0) is 43.7 Å². The zero-order chi connectivity index (χ0) is 15.9. The minimum Gasteiger partial charge on any atom is -0.545 e. The molecule has 1 aromatic heterocycles. The summed E-state index contributed by atoms with van der Waals surface area (Å²) in [5, 5.41) is 12.7. The van der Waals surface area contributed by atoms with E-state index >= 15 is 0 Å². The molecule has 0 fully saturated rings. The Morgan fingerprint density at radius 2 is 1.91 bits per heavy atom. The molecule has 3 rings (SSSR count). The van der Waals surface area contributed by atoms with Crippen LogP contribution in [-0.4, -0.2) is 11.0 Å². The number of nitrogens with zero attached hydrogens (tertiary/aromatic N) is 1. The number of carboxylic acid groups (broad SMARTS) is 1. The van der Waals surface area contributed by atoms with Crippen LogP contribution in [0.3, 0.4) is 0 Å². The lowest BCUT2D eigenvalue weighted by Gasteiger charge is -2.13. The SMILES string of the molecule is Cc1cc(C)c2nc(-c3cccc(Cl)c3)cc(C(=O)[O-])c2c1. The first-order chi connectivity index (χ1) is 10.5. The molecule has 0 saturated carbocycles. The van der Waals surface area contributed by atoms with Crippen molar-refractivity contribution in [3.05, 3.63) is 64.2 Å². The summed E-state index contributed by atoms with van der Waals surface area (Å²) in [4.78, 5) is 16.1. The molecule has 0 unspecified atom stereocenters. The lowest BCUT2D eigenvalue weighted by molar-refractivity contribution is -0.254. The van der Waals surface area contributed by atoms with Crippen LogP contribution in [0.4, 0.5) is 0 Å². The van der Waals surface area contributed by atoms with Crippen LogP contribution in [0.2, 0.25) is 5.02 Å². The molecule has 0 amide bonds. The number of halogens is 1. The highest BCUT2D eigenvalue weighted by Gasteiger charge is 2.11. The van der Waals surface area contributed by atoms with Crippen LogP contribution in [0.25, 0.3) is 22.2 Å². The van der Waals surface area contributed by atoms with Crippen LogP contribution in [0.15, 0.2) is 42.5 Å². The Bertz CT molecular complexity index is 903. The first kappa shape index (κ1) is 14.5. The van der Waals surface area contributed by atoms with Gasteiger partial charge in [0.15, 0.2) is 0 Å². The van der Waals surface area contributed by atoms with Crippen LogP contribution in [-0.2, 0) is 0 Å². The molecule has 0 aliphatic carbocycles. The van der Waals surface area contributed by atoms with Gasteiger partial charge in [0.05, 0.1) is 17.2 Å². The number of hydrogen-bond acceptors (Lipinski definition) is 3. The summed E-state index contributed by atoms with van der Waals surface area (Å²) in [6.45, 7) is 3.85. The quantitative estimate of drug-likeness (QED) is 0.727. The number of hydrogen-bond donors (Lipinski definition) is 0. The lowest BCUT2D eigenvalue weighted by Crippen LogP contribution is -2.23. The van der Waals surface area contributed by atoms with Gasteiger partial charge in [-0.2, -0.15) is 0 Å². The van der Waals surface area contributed by atoms with Gasteiger partial charge in [0.2, 0.25) is 0 Å². The van der Waals surface area contributed by atoms with Crippen molar-refractivity contribution in [2.75, 3.05) is 0 Å². The molecule has 22 heavy (non-hydrogen) atoms. The molecule has 0 aliphatic rings. The highest BCUT2D eigenvalue weighted by Crippen LogP contribution is 2.28. The normalized spacial score (nSPS) is 10.9. The predicted octanol–water partition coefficient (Wildman–Crippen LogP) is 3.54. The van der Waals surface area contributed by atoms with Gasteiger partial charge in [0.1, 0.15) is 0 Å². The molecule has 0 bridgehead atoms. The Balaban J connectivity index is 2.37. The van der Waals surface area contributed by atoms with Crippen molar-refractivity contribution in [1.82, 2.24) is 4.98 Å². The van der Waals surface area contributed by atoms with Crippen LogP contribution in [0, 0.1) is 13.8 Å². The van der Waals surface area contributed by atoms with Gasteiger partial charge in [-0.1, -0.05) is 35.4 Å². The van der Waals surface area contributed by atoms with Crippen molar-refractivity contribution < 1.29 is 9.90 Å². The first-order valence-corrected chi connectivity index (χ1v) is 7.23. The summed E-state index contributed by atoms with van der Waals surface area (Å²) in [5.41, 5.74) is 4.08. The topological polar surface area (TPSA) is 53.0 Å². The summed E-state index contributed by atoms with van der Waals surface area (Å²) in [6.07, 6.45) is 0. The standard InChI is InChI=1S/C18H14ClNO2/c1-10-6-11(2)17-14(7-10)15(18(21)22)9-16(20-17)12-4-3-5-13(19)8-12/h3-9H,1-2H3,(H,21,22)/p-1. The molecular formula is C18H13ClNO2-. The number of aromatic carboxylic acids is 1. The fourth-order valence-electron chi connectivity index (χ4n) is 2.65. The zero-order valence-electron chi connectivity index (χ0n) is 12.2. The van der Waals surface area contributed by atoms with E-state index in [0.717, 1.165) is 16.7 Å². The number of fused-ring (bicyclic) bond motifs is 1. The average Bonchev–Trinajstić information content (AvgIpc) is 2.46. The lowest BCUT2D eigenvalue weighted by atomic mass is 10.00. The van der Waals surface area contributed by atoms with E-state index in [1.165, 1.54) is 0 Å². The number of aromatic nitrogens is 1. The molecule has 1 heterocycles. The summed E-state index contributed by atoms with van der Waals surface area (Å²) in [7, 11) is 0. The second-order valence-corrected chi connectivity index (χ2v) is 5.77. The maximum Gasteiger partial charge on any atom is 0.0745 e. The third-order valence-corrected chi connectivity index (χ3v) is 3.82. The van der Waals surface area contributed by atoms with E-state index in [0.29, 0.717) is 21.6 Å². The summed E-state index contributed by atoms with van der Waals surface area (Å²) in [6, 6.07) is 12.5. The summed E-state index contributed by atoms with van der Waals surface area (Å²) in [5.74, 6) is -1.21. The monoisotopic (exact) mass is 310 g/mol. The van der Waals surface area contributed by atoms with E-state index < -0.39 is 5.97 Å². The molecule has 0 radical (unpaired) electrons. The van der Waals surface area contributed by atoms with Crippen molar-refractivity contribution in [2.45, 2.75) is 13.8 Å². The average molecular weight is 311 g/mol. The molecule has 0 spiro atoms. The van der Waals surface area contributed by atoms with Crippen LogP contribution in [0.1, 0.15) is 21.5 Å². The number of aryl methyl sites for hydroxylation is 2. The second kappa shape index (κ2) is 5.43. The number of rotatable bonds is 2. The van der Waals surface area contributed by atoms with Crippen molar-refractivity contribution in [1.29, 1.82) is 0 Å². The molecule has 4 heteroatoms. The van der Waals surface area contributed by atoms with E-state index in [9.17, 15) is 9.90 Å². The van der Waals surface area contributed by atoms with Crippen LogP contribution < -0.4 is 5.11 Å². The van der Waals surface area contributed by atoms with Gasteiger partial charge in [-0.15, -0.1) is 0 Å². The van der Waals surface area contributed by atoms with Gasteiger partial charge in [0, 0.05) is 21.5 Å². The number of pyridine rings is 1. The van der Waals surface area contributed by atoms with E-state index in [4.69, 9.17) is 11.6 Å². The number of carboxylic acids is 1. The van der Waals surface area contributed by atoms with Crippen molar-refractivity contribution in [3.63, 3.8) is 0 Å². The Morgan fingerprint density at radius 3 is 2.59 bits per heavy atom. The van der Waals surface area contributed by atoms with E-state index in [2.05, 4.69) is 4.98 Å². The number of carbonyl (C=O) groups is 1. The third kappa shape index (κ3) is 2.55. The van der Waals surface area contributed by atoms with Crippen molar-refractivity contribution >= 4 is 28.5 Å². The zero-order valence-corrected chi connectivity index (χ0v) is 12.9. The molecule has 110 valence electrons. The number of benzene rings is 2. The summed E-state index contributed by atoms with van der Waals surface area (Å²) < 4.78 is 0. The molecule has 2 aromatic carbocycles. The molecule has 3 aromatic rings. The maximum atomic E-state index is 11.5. The Labute approximate surface area is 133 Å². The second-order valence-electron chi connectivity index (χ2n) is 5.33. The van der Waals surface area contributed by atoms with Gasteiger partial charge in [-0.25, -0.2) is 4.98 Å². The molecule has 0 N–H and O–H groups in total.